The van der Waals surface area contributed by atoms with E-state index in [1.54, 1.807) is 12.1 Å². The van der Waals surface area contributed by atoms with Gasteiger partial charge in [-0.15, -0.1) is 0 Å². The summed E-state index contributed by atoms with van der Waals surface area (Å²) in [5.74, 6) is -0.0675. The summed E-state index contributed by atoms with van der Waals surface area (Å²) in [6.07, 6.45) is -0.664. The zero-order chi connectivity index (χ0) is 12.4. The summed E-state index contributed by atoms with van der Waals surface area (Å²) in [5, 5.41) is 12.9. The molecule has 0 aliphatic carbocycles. The fraction of sp³-hybridized carbons (Fsp3) is 0.273. The van der Waals surface area contributed by atoms with Crippen LogP contribution < -0.4 is 0 Å². The van der Waals surface area contributed by atoms with Crippen LogP contribution in [0.15, 0.2) is 22.7 Å². The van der Waals surface area contributed by atoms with Crippen LogP contribution in [0.2, 0.25) is 5.02 Å². The molecule has 4 nitrogen and oxygen atoms in total. The number of aliphatic hydroxyl groups excluding tert-OH is 1. The van der Waals surface area contributed by atoms with Gasteiger partial charge in [-0.2, -0.15) is 4.98 Å². The standard InChI is InChI=1S/C11H10ClFN2O2/c1-6(16)11-14-9(15-17-11)5-7-3-2-4-8(12)10(7)13/h2-4,6,16H,5H2,1H3/t6-/m0/s1. The number of nitrogens with zero attached hydrogens (tertiary/aromatic N) is 2. The third-order valence-electron chi connectivity index (χ3n) is 2.22. The van der Waals surface area contributed by atoms with Gasteiger partial charge in [0.05, 0.1) is 5.02 Å². The number of benzene rings is 1. The van der Waals surface area contributed by atoms with E-state index in [9.17, 15) is 9.50 Å². The van der Waals surface area contributed by atoms with Crippen molar-refractivity contribution in [3.63, 3.8) is 0 Å². The molecule has 0 unspecified atom stereocenters. The smallest absolute Gasteiger partial charge is 0.255 e. The van der Waals surface area contributed by atoms with E-state index in [1.807, 2.05) is 0 Å². The number of aliphatic hydroxyl groups is 1. The first-order valence-electron chi connectivity index (χ1n) is 5.01. The Balaban J connectivity index is 2.22. The Hall–Kier alpha value is -1.46. The Kier molecular flexibility index (Phi) is 3.40. The highest BCUT2D eigenvalue weighted by Crippen LogP contribution is 2.20. The molecule has 0 fully saturated rings. The van der Waals surface area contributed by atoms with Crippen LogP contribution in [0.25, 0.3) is 0 Å². The van der Waals surface area contributed by atoms with E-state index in [4.69, 9.17) is 16.1 Å². The van der Waals surface area contributed by atoms with Crippen molar-refractivity contribution in [3.8, 4) is 0 Å². The molecule has 0 saturated heterocycles. The van der Waals surface area contributed by atoms with Crippen molar-refractivity contribution >= 4 is 11.6 Å². The predicted molar refractivity (Wildman–Crippen MR) is 59.1 cm³/mol. The SMILES string of the molecule is C[C@H](O)c1nc(Cc2cccc(Cl)c2F)no1. The maximum atomic E-state index is 13.6. The van der Waals surface area contributed by atoms with Gasteiger partial charge in [-0.05, 0) is 18.6 Å². The maximum Gasteiger partial charge on any atom is 0.255 e. The molecule has 6 heteroatoms. The Morgan fingerprint density at radius 2 is 2.29 bits per heavy atom. The third-order valence-corrected chi connectivity index (χ3v) is 2.51. The van der Waals surface area contributed by atoms with Crippen LogP contribution >= 0.6 is 11.6 Å². The Labute approximate surface area is 102 Å². The van der Waals surface area contributed by atoms with Crippen molar-refractivity contribution < 1.29 is 14.0 Å². The highest BCUT2D eigenvalue weighted by molar-refractivity contribution is 6.30. The van der Waals surface area contributed by atoms with Crippen LogP contribution in [0.1, 0.15) is 30.3 Å². The molecular formula is C11H10ClFN2O2. The number of hydrogen-bond donors (Lipinski definition) is 1. The monoisotopic (exact) mass is 256 g/mol. The number of rotatable bonds is 3. The molecule has 0 amide bonds. The number of halogens is 2. The summed E-state index contributed by atoms with van der Waals surface area (Å²) in [7, 11) is 0. The Bertz CT molecular complexity index is 528. The largest absolute Gasteiger partial charge is 0.384 e. The van der Waals surface area contributed by atoms with Gasteiger partial charge >= 0.3 is 0 Å². The molecule has 90 valence electrons. The van der Waals surface area contributed by atoms with Crippen molar-refractivity contribution in [2.24, 2.45) is 0 Å². The van der Waals surface area contributed by atoms with E-state index in [1.165, 1.54) is 13.0 Å². The van der Waals surface area contributed by atoms with Crippen molar-refractivity contribution in [1.82, 2.24) is 10.1 Å². The zero-order valence-electron chi connectivity index (χ0n) is 9.02. The maximum absolute atomic E-state index is 13.6. The fourth-order valence-electron chi connectivity index (χ4n) is 1.36. The molecule has 2 rings (SSSR count). The zero-order valence-corrected chi connectivity index (χ0v) is 9.78. The van der Waals surface area contributed by atoms with Crippen LogP contribution in [0.5, 0.6) is 0 Å². The molecule has 2 aromatic rings. The van der Waals surface area contributed by atoms with E-state index < -0.39 is 11.9 Å². The lowest BCUT2D eigenvalue weighted by atomic mass is 10.1. The highest BCUT2D eigenvalue weighted by atomic mass is 35.5. The number of hydrogen-bond acceptors (Lipinski definition) is 4. The van der Waals surface area contributed by atoms with Crippen molar-refractivity contribution in [3.05, 3.63) is 46.3 Å². The topological polar surface area (TPSA) is 59.2 Å². The van der Waals surface area contributed by atoms with Gasteiger partial charge in [0.25, 0.3) is 5.89 Å². The number of aromatic nitrogens is 2. The lowest BCUT2D eigenvalue weighted by molar-refractivity contribution is 0.151. The van der Waals surface area contributed by atoms with Crippen molar-refractivity contribution in [1.29, 1.82) is 0 Å². The Morgan fingerprint density at radius 1 is 1.53 bits per heavy atom. The van der Waals surface area contributed by atoms with Gasteiger partial charge in [0, 0.05) is 6.42 Å². The second-order valence-corrected chi connectivity index (χ2v) is 4.02. The average molecular weight is 257 g/mol. The molecule has 0 spiro atoms. The van der Waals surface area contributed by atoms with Crippen LogP contribution in [-0.2, 0) is 6.42 Å². The molecule has 0 saturated carbocycles. The minimum Gasteiger partial charge on any atom is -0.384 e. The molecule has 0 aliphatic heterocycles. The molecule has 1 N–H and O–H groups in total. The second-order valence-electron chi connectivity index (χ2n) is 3.61. The minimum atomic E-state index is -0.833. The summed E-state index contributed by atoms with van der Waals surface area (Å²) in [5.41, 5.74) is 0.385. The van der Waals surface area contributed by atoms with Gasteiger partial charge in [-0.1, -0.05) is 28.9 Å². The molecule has 1 atom stereocenters. The molecular weight excluding hydrogens is 247 g/mol. The Morgan fingerprint density at radius 3 is 2.94 bits per heavy atom. The minimum absolute atomic E-state index is 0.0572. The predicted octanol–water partition coefficient (Wildman–Crippen LogP) is 2.51. The normalized spacial score (nSPS) is 12.7. The van der Waals surface area contributed by atoms with E-state index in [2.05, 4.69) is 10.1 Å². The van der Waals surface area contributed by atoms with Crippen molar-refractivity contribution in [2.75, 3.05) is 0 Å². The van der Waals surface area contributed by atoms with Crippen LogP contribution in [0.3, 0.4) is 0 Å². The summed E-state index contributed by atoms with van der Waals surface area (Å²) in [6.45, 7) is 1.51. The molecule has 1 aromatic carbocycles. The highest BCUT2D eigenvalue weighted by Gasteiger charge is 2.14. The molecule has 1 aromatic heterocycles. The first kappa shape index (κ1) is 12.0. The summed E-state index contributed by atoms with van der Waals surface area (Å²) >= 11 is 5.66. The fourth-order valence-corrected chi connectivity index (χ4v) is 1.56. The van der Waals surface area contributed by atoms with Crippen LogP contribution in [-0.4, -0.2) is 15.2 Å². The summed E-state index contributed by atoms with van der Waals surface area (Å²) in [6, 6.07) is 4.72. The van der Waals surface area contributed by atoms with E-state index in [0.29, 0.717) is 11.4 Å². The molecule has 0 aliphatic rings. The lowest BCUT2D eigenvalue weighted by Crippen LogP contribution is -1.96. The van der Waals surface area contributed by atoms with Crippen LogP contribution in [0, 0.1) is 5.82 Å². The van der Waals surface area contributed by atoms with Gasteiger partial charge in [0.15, 0.2) is 5.82 Å². The first-order valence-corrected chi connectivity index (χ1v) is 5.39. The van der Waals surface area contributed by atoms with Gasteiger partial charge < -0.3 is 9.63 Å². The van der Waals surface area contributed by atoms with E-state index in [0.717, 1.165) is 0 Å². The van der Waals surface area contributed by atoms with Crippen molar-refractivity contribution in [2.45, 2.75) is 19.4 Å². The van der Waals surface area contributed by atoms with E-state index >= 15 is 0 Å². The summed E-state index contributed by atoms with van der Waals surface area (Å²) in [4.78, 5) is 3.94. The molecule has 17 heavy (non-hydrogen) atoms. The lowest BCUT2D eigenvalue weighted by Gasteiger charge is -2.00. The second kappa shape index (κ2) is 4.81. The average Bonchev–Trinajstić information content (AvgIpc) is 2.73. The van der Waals surface area contributed by atoms with E-state index in [-0.39, 0.29) is 17.3 Å². The molecule has 1 heterocycles. The quantitative estimate of drug-likeness (QED) is 0.917. The third kappa shape index (κ3) is 2.62. The molecule has 0 bridgehead atoms. The molecule has 0 radical (unpaired) electrons. The first-order chi connectivity index (χ1) is 8.08. The van der Waals surface area contributed by atoms with Gasteiger partial charge in [-0.3, -0.25) is 0 Å². The van der Waals surface area contributed by atoms with Crippen LogP contribution in [0.4, 0.5) is 4.39 Å². The van der Waals surface area contributed by atoms with Gasteiger partial charge in [-0.25, -0.2) is 4.39 Å². The van der Waals surface area contributed by atoms with Gasteiger partial charge in [0.1, 0.15) is 11.9 Å². The van der Waals surface area contributed by atoms with Gasteiger partial charge in [0.2, 0.25) is 0 Å². The summed E-state index contributed by atoms with van der Waals surface area (Å²) < 4.78 is 18.4.